The summed E-state index contributed by atoms with van der Waals surface area (Å²) in [4.78, 5) is 11.9. The molecule has 0 fully saturated rings. The molecule has 0 unspecified atom stereocenters. The van der Waals surface area contributed by atoms with Gasteiger partial charge < -0.3 is 5.11 Å². The zero-order chi connectivity index (χ0) is 12.0. The molecule has 0 aliphatic rings. The van der Waals surface area contributed by atoms with Crippen LogP contribution in [0.1, 0.15) is 17.3 Å². The Morgan fingerprint density at radius 1 is 1.44 bits per heavy atom. The molecule has 0 saturated heterocycles. The lowest BCUT2D eigenvalue weighted by Gasteiger charge is -2.05. The number of carbonyl (C=O) groups excluding carboxylic acids is 1. The molecule has 0 aliphatic carbocycles. The monoisotopic (exact) mass is 235 g/mol. The first-order chi connectivity index (χ1) is 7.70. The largest absolute Gasteiger partial charge is 0.515 e. The number of hydrogen-bond donors (Lipinski definition) is 2. The molecule has 0 aliphatic heterocycles. The fraction of sp³-hybridized carbons (Fsp3) is 0.167. The predicted octanol–water partition coefficient (Wildman–Crippen LogP) is 3.04. The van der Waals surface area contributed by atoms with Crippen molar-refractivity contribution in [2.24, 2.45) is 0 Å². The minimum absolute atomic E-state index is 0.0399. The molecule has 1 rings (SSSR count). The van der Waals surface area contributed by atoms with E-state index in [2.05, 4.69) is 0 Å². The third kappa shape index (κ3) is 2.97. The maximum Gasteiger partial charge on any atom is 0.198 e. The molecule has 84 valence electrons. The van der Waals surface area contributed by atoms with Crippen LogP contribution < -0.4 is 0 Å². The Balaban J connectivity index is 2.92. The number of nitrogens with one attached hydrogen (secondary N) is 1. The van der Waals surface area contributed by atoms with E-state index in [1.165, 1.54) is 11.8 Å². The molecule has 0 atom stereocenters. The average Bonchev–Trinajstić information content (AvgIpc) is 2.31. The molecule has 0 radical (unpaired) electrons. The van der Waals surface area contributed by atoms with Gasteiger partial charge in [-0.3, -0.25) is 10.2 Å². The Labute approximate surface area is 98.7 Å². The Bertz CT molecular complexity index is 412. The van der Waals surface area contributed by atoms with Crippen LogP contribution in [0.5, 0.6) is 0 Å². The second-order valence-electron chi connectivity index (χ2n) is 3.00. The predicted molar refractivity (Wildman–Crippen MR) is 67.3 cm³/mol. The van der Waals surface area contributed by atoms with Crippen molar-refractivity contribution in [1.29, 1.82) is 5.41 Å². The number of ketones is 1. The highest BCUT2D eigenvalue weighted by atomic mass is 32.2. The van der Waals surface area contributed by atoms with E-state index in [1.807, 2.05) is 13.0 Å². The van der Waals surface area contributed by atoms with Crippen LogP contribution in [0, 0.1) is 5.41 Å². The zero-order valence-electron chi connectivity index (χ0n) is 8.93. The molecule has 0 amide bonds. The minimum Gasteiger partial charge on any atom is -0.515 e. The van der Waals surface area contributed by atoms with Crippen molar-refractivity contribution in [3.8, 4) is 0 Å². The first-order valence-corrected chi connectivity index (χ1v) is 5.85. The molecule has 2 N–H and O–H groups in total. The van der Waals surface area contributed by atoms with Gasteiger partial charge in [-0.25, -0.2) is 0 Å². The Kier molecular flexibility index (Phi) is 4.79. The highest BCUT2D eigenvalue weighted by molar-refractivity contribution is 8.14. The summed E-state index contributed by atoms with van der Waals surface area (Å²) >= 11 is 1.22. The topological polar surface area (TPSA) is 61.1 Å². The number of aliphatic hydroxyl groups excluding tert-OH is 1. The minimum atomic E-state index is -0.325. The third-order valence-corrected chi connectivity index (χ3v) is 2.74. The lowest BCUT2D eigenvalue weighted by molar-refractivity contribution is 0.103. The van der Waals surface area contributed by atoms with Gasteiger partial charge in [-0.2, -0.15) is 0 Å². The van der Waals surface area contributed by atoms with E-state index in [9.17, 15) is 4.79 Å². The van der Waals surface area contributed by atoms with Crippen molar-refractivity contribution < 1.29 is 9.90 Å². The van der Waals surface area contributed by atoms with Gasteiger partial charge in [0.1, 0.15) is 5.04 Å². The van der Waals surface area contributed by atoms with Gasteiger partial charge in [0.2, 0.25) is 0 Å². The van der Waals surface area contributed by atoms with Gasteiger partial charge in [0.25, 0.3) is 0 Å². The van der Waals surface area contributed by atoms with Crippen molar-refractivity contribution in [2.45, 2.75) is 6.92 Å². The van der Waals surface area contributed by atoms with Crippen LogP contribution in [0.4, 0.5) is 0 Å². The van der Waals surface area contributed by atoms with Gasteiger partial charge >= 0.3 is 0 Å². The number of thioether (sulfide) groups is 1. The molecule has 0 heterocycles. The van der Waals surface area contributed by atoms with Crippen LogP contribution in [0.2, 0.25) is 0 Å². The summed E-state index contributed by atoms with van der Waals surface area (Å²) in [5, 5.41) is 16.8. The lowest BCUT2D eigenvalue weighted by atomic mass is 10.1. The zero-order valence-corrected chi connectivity index (χ0v) is 9.75. The van der Waals surface area contributed by atoms with Crippen LogP contribution in [-0.4, -0.2) is 21.7 Å². The number of hydrogen-bond acceptors (Lipinski definition) is 4. The third-order valence-electron chi connectivity index (χ3n) is 1.94. The van der Waals surface area contributed by atoms with Crippen LogP contribution in [0.25, 0.3) is 0 Å². The van der Waals surface area contributed by atoms with E-state index in [4.69, 9.17) is 10.5 Å². The lowest BCUT2D eigenvalue weighted by Crippen LogP contribution is -2.10. The maximum absolute atomic E-state index is 11.9. The average molecular weight is 235 g/mol. The summed E-state index contributed by atoms with van der Waals surface area (Å²) < 4.78 is 0. The van der Waals surface area contributed by atoms with Gasteiger partial charge in [-0.05, 0) is 5.75 Å². The SMILES string of the molecule is CCSC(=N)/C(=C/O)C(=O)c1ccccc1. The van der Waals surface area contributed by atoms with Crippen LogP contribution >= 0.6 is 11.8 Å². The van der Waals surface area contributed by atoms with E-state index in [1.54, 1.807) is 24.3 Å². The molecule has 1 aromatic rings. The molecule has 0 aromatic heterocycles. The maximum atomic E-state index is 11.9. The van der Waals surface area contributed by atoms with Gasteiger partial charge in [-0.15, -0.1) is 11.8 Å². The summed E-state index contributed by atoms with van der Waals surface area (Å²) in [6.07, 6.45) is 0.709. The highest BCUT2D eigenvalue weighted by Gasteiger charge is 2.16. The summed E-state index contributed by atoms with van der Waals surface area (Å²) in [6.45, 7) is 1.89. The Morgan fingerprint density at radius 3 is 2.56 bits per heavy atom. The number of benzene rings is 1. The van der Waals surface area contributed by atoms with Gasteiger partial charge in [0.05, 0.1) is 11.8 Å². The highest BCUT2D eigenvalue weighted by Crippen LogP contribution is 2.15. The summed E-state index contributed by atoms with van der Waals surface area (Å²) in [5.74, 6) is 0.368. The van der Waals surface area contributed by atoms with Crippen LogP contribution in [0.15, 0.2) is 42.2 Å². The van der Waals surface area contributed by atoms with E-state index >= 15 is 0 Å². The molecule has 4 heteroatoms. The van der Waals surface area contributed by atoms with Crippen molar-refractivity contribution in [3.63, 3.8) is 0 Å². The first kappa shape index (κ1) is 12.5. The second kappa shape index (κ2) is 6.12. The van der Waals surface area contributed by atoms with E-state index in [0.717, 1.165) is 0 Å². The summed E-state index contributed by atoms with van der Waals surface area (Å²) in [7, 11) is 0. The van der Waals surface area contributed by atoms with E-state index < -0.39 is 0 Å². The fourth-order valence-electron chi connectivity index (χ4n) is 1.19. The Hall–Kier alpha value is -1.55. The number of Topliss-reactive ketones (excluding diaryl/α,β-unsaturated/α-hetero) is 1. The molecule has 16 heavy (non-hydrogen) atoms. The van der Waals surface area contributed by atoms with Crippen molar-refractivity contribution >= 4 is 22.6 Å². The molecule has 0 saturated carbocycles. The quantitative estimate of drug-likeness (QED) is 0.277. The number of aliphatic hydroxyl groups is 1. The fourth-order valence-corrected chi connectivity index (χ4v) is 1.78. The molecule has 0 bridgehead atoms. The standard InChI is InChI=1S/C12H13NO2S/c1-2-16-12(13)10(8-14)11(15)9-6-4-3-5-7-9/h3-8,13-14H,2H2,1H3/b10-8+,13-12?. The van der Waals surface area contributed by atoms with Gasteiger partial charge in [-0.1, -0.05) is 37.3 Å². The first-order valence-electron chi connectivity index (χ1n) is 4.86. The number of rotatable bonds is 4. The van der Waals surface area contributed by atoms with Crippen molar-refractivity contribution in [2.75, 3.05) is 5.75 Å². The summed E-state index contributed by atoms with van der Waals surface area (Å²) in [6, 6.07) is 8.63. The van der Waals surface area contributed by atoms with Crippen molar-refractivity contribution in [1.82, 2.24) is 0 Å². The molecule has 3 nitrogen and oxygen atoms in total. The summed E-state index contributed by atoms with van der Waals surface area (Å²) in [5.41, 5.74) is 0.516. The Morgan fingerprint density at radius 2 is 2.06 bits per heavy atom. The van der Waals surface area contributed by atoms with E-state index in [-0.39, 0.29) is 16.4 Å². The molecular formula is C12H13NO2S. The van der Waals surface area contributed by atoms with Gasteiger partial charge in [0, 0.05) is 5.56 Å². The van der Waals surface area contributed by atoms with E-state index in [0.29, 0.717) is 17.6 Å². The van der Waals surface area contributed by atoms with Crippen LogP contribution in [-0.2, 0) is 0 Å². The normalized spacial score (nSPS) is 11.2. The molecule has 0 spiro atoms. The van der Waals surface area contributed by atoms with Gasteiger partial charge in [0.15, 0.2) is 5.78 Å². The smallest absolute Gasteiger partial charge is 0.198 e. The van der Waals surface area contributed by atoms with Crippen LogP contribution in [0.3, 0.4) is 0 Å². The molecule has 1 aromatic carbocycles. The second-order valence-corrected chi connectivity index (χ2v) is 4.27. The number of carbonyl (C=O) groups is 1. The molecular weight excluding hydrogens is 222 g/mol. The van der Waals surface area contributed by atoms with Crippen molar-refractivity contribution in [3.05, 3.63) is 47.7 Å².